The Hall–Kier alpha value is -3.32. The highest BCUT2D eigenvalue weighted by Gasteiger charge is 2.30. The summed E-state index contributed by atoms with van der Waals surface area (Å²) in [6.45, 7) is 6.83. The summed E-state index contributed by atoms with van der Waals surface area (Å²) in [7, 11) is 1.61. The molecule has 3 rings (SSSR count). The van der Waals surface area contributed by atoms with Crippen LogP contribution in [0.4, 0.5) is 0 Å². The Labute approximate surface area is 234 Å². The van der Waals surface area contributed by atoms with Gasteiger partial charge in [-0.3, -0.25) is 9.59 Å². The Kier molecular flexibility index (Phi) is 11.2. The Morgan fingerprint density at radius 2 is 1.71 bits per heavy atom. The minimum Gasteiger partial charge on any atom is -0.497 e. The van der Waals surface area contributed by atoms with E-state index in [0.717, 1.165) is 22.0 Å². The molecule has 0 spiro atoms. The fourth-order valence-electron chi connectivity index (χ4n) is 4.10. The molecule has 0 fully saturated rings. The molecule has 3 aromatic rings. The molecule has 38 heavy (non-hydrogen) atoms. The van der Waals surface area contributed by atoms with Crippen LogP contribution in [0, 0.1) is 0 Å². The molecule has 3 aromatic carbocycles. The van der Waals surface area contributed by atoms with Crippen LogP contribution in [-0.2, 0) is 22.6 Å². The summed E-state index contributed by atoms with van der Waals surface area (Å²) in [5.41, 5.74) is 3.01. The molecule has 0 bridgehead atoms. The summed E-state index contributed by atoms with van der Waals surface area (Å²) >= 11 is 3.57. The summed E-state index contributed by atoms with van der Waals surface area (Å²) in [5, 5.41) is 2.99. The molecule has 7 heteroatoms. The first kappa shape index (κ1) is 29.2. The average molecular weight is 582 g/mol. The zero-order valence-corrected chi connectivity index (χ0v) is 24.2. The summed E-state index contributed by atoms with van der Waals surface area (Å²) in [4.78, 5) is 28.8. The predicted molar refractivity (Wildman–Crippen MR) is 155 cm³/mol. The number of halogens is 1. The van der Waals surface area contributed by atoms with Gasteiger partial charge in [-0.1, -0.05) is 69.3 Å². The van der Waals surface area contributed by atoms with Crippen molar-refractivity contribution < 1.29 is 19.1 Å². The molecule has 1 N–H and O–H groups in total. The zero-order valence-electron chi connectivity index (χ0n) is 22.6. The van der Waals surface area contributed by atoms with E-state index in [9.17, 15) is 9.59 Å². The van der Waals surface area contributed by atoms with Crippen LogP contribution in [0.2, 0.25) is 0 Å². The van der Waals surface area contributed by atoms with E-state index in [-0.39, 0.29) is 25.0 Å². The van der Waals surface area contributed by atoms with Crippen molar-refractivity contribution in [1.82, 2.24) is 10.2 Å². The van der Waals surface area contributed by atoms with Crippen molar-refractivity contribution in [3.63, 3.8) is 0 Å². The molecule has 6 nitrogen and oxygen atoms in total. The van der Waals surface area contributed by atoms with Gasteiger partial charge in [0.1, 0.15) is 17.5 Å². The molecular formula is C31H37BrN2O4. The molecule has 0 saturated carbocycles. The van der Waals surface area contributed by atoms with Gasteiger partial charge >= 0.3 is 0 Å². The number of amides is 2. The largest absolute Gasteiger partial charge is 0.497 e. The SMILES string of the molecule is CCCNC(=O)[C@H](Cc1ccccc1)N(Cc1cccc(OC)c1)C(=O)COc1ccc(C(C)C)cc1Br. The number of carbonyl (C=O) groups is 2. The average Bonchev–Trinajstić information content (AvgIpc) is 2.93. The van der Waals surface area contributed by atoms with E-state index in [4.69, 9.17) is 9.47 Å². The highest BCUT2D eigenvalue weighted by Crippen LogP contribution is 2.29. The molecule has 1 atom stereocenters. The van der Waals surface area contributed by atoms with E-state index in [0.29, 0.717) is 30.4 Å². The van der Waals surface area contributed by atoms with Gasteiger partial charge in [-0.2, -0.15) is 0 Å². The van der Waals surface area contributed by atoms with Crippen LogP contribution in [0.25, 0.3) is 0 Å². The van der Waals surface area contributed by atoms with Gasteiger partial charge in [0.05, 0.1) is 11.6 Å². The fourth-order valence-corrected chi connectivity index (χ4v) is 4.61. The summed E-state index contributed by atoms with van der Waals surface area (Å²) < 4.78 is 12.1. The third-order valence-corrected chi connectivity index (χ3v) is 6.90. The number of carbonyl (C=O) groups excluding carboxylic acids is 2. The van der Waals surface area contributed by atoms with Gasteiger partial charge in [-0.25, -0.2) is 0 Å². The first-order chi connectivity index (χ1) is 18.3. The van der Waals surface area contributed by atoms with Crippen molar-refractivity contribution in [3.8, 4) is 11.5 Å². The van der Waals surface area contributed by atoms with Gasteiger partial charge in [0, 0.05) is 19.5 Å². The number of benzene rings is 3. The normalized spacial score (nSPS) is 11.6. The maximum Gasteiger partial charge on any atom is 0.261 e. The van der Waals surface area contributed by atoms with E-state index in [1.54, 1.807) is 12.0 Å². The Bertz CT molecular complexity index is 1200. The van der Waals surface area contributed by atoms with E-state index in [1.807, 2.05) is 79.7 Å². The molecule has 2 amide bonds. The Morgan fingerprint density at radius 1 is 0.974 bits per heavy atom. The van der Waals surface area contributed by atoms with E-state index < -0.39 is 6.04 Å². The minimum absolute atomic E-state index is 0.186. The van der Waals surface area contributed by atoms with Gasteiger partial charge < -0.3 is 19.7 Å². The van der Waals surface area contributed by atoms with Crippen molar-refractivity contribution in [1.29, 1.82) is 0 Å². The Balaban J connectivity index is 1.91. The molecule has 202 valence electrons. The number of ether oxygens (including phenoxy) is 2. The van der Waals surface area contributed by atoms with Gasteiger partial charge in [-0.15, -0.1) is 0 Å². The number of hydrogen-bond acceptors (Lipinski definition) is 4. The summed E-state index contributed by atoms with van der Waals surface area (Å²) in [5.74, 6) is 1.19. The summed E-state index contributed by atoms with van der Waals surface area (Å²) in [6.07, 6.45) is 1.19. The van der Waals surface area contributed by atoms with Gasteiger partial charge in [-0.05, 0) is 69.2 Å². The lowest BCUT2D eigenvalue weighted by Crippen LogP contribution is -2.51. The van der Waals surface area contributed by atoms with Crippen LogP contribution in [0.15, 0.2) is 77.3 Å². The number of nitrogens with one attached hydrogen (secondary N) is 1. The molecule has 0 saturated heterocycles. The van der Waals surface area contributed by atoms with Crippen molar-refractivity contribution in [3.05, 3.63) is 94.0 Å². The lowest BCUT2D eigenvalue weighted by Gasteiger charge is -2.31. The van der Waals surface area contributed by atoms with Crippen molar-refractivity contribution >= 4 is 27.7 Å². The third kappa shape index (κ3) is 8.35. The predicted octanol–water partition coefficient (Wildman–Crippen LogP) is 6.13. The molecular weight excluding hydrogens is 544 g/mol. The third-order valence-electron chi connectivity index (χ3n) is 6.28. The van der Waals surface area contributed by atoms with Gasteiger partial charge in [0.25, 0.3) is 5.91 Å². The summed E-state index contributed by atoms with van der Waals surface area (Å²) in [6, 6.07) is 22.5. The first-order valence-corrected chi connectivity index (χ1v) is 13.8. The molecule has 0 aromatic heterocycles. The van der Waals surface area contributed by atoms with E-state index in [1.165, 1.54) is 5.56 Å². The molecule has 0 radical (unpaired) electrons. The lowest BCUT2D eigenvalue weighted by molar-refractivity contribution is -0.142. The number of methoxy groups -OCH3 is 1. The van der Waals surface area contributed by atoms with Crippen molar-refractivity contribution in [2.24, 2.45) is 0 Å². The second-order valence-electron chi connectivity index (χ2n) is 9.50. The highest BCUT2D eigenvalue weighted by molar-refractivity contribution is 9.10. The topological polar surface area (TPSA) is 67.9 Å². The highest BCUT2D eigenvalue weighted by atomic mass is 79.9. The molecule has 0 aliphatic heterocycles. The molecule has 0 heterocycles. The van der Waals surface area contributed by atoms with Crippen molar-refractivity contribution in [2.45, 2.75) is 52.1 Å². The van der Waals surface area contributed by atoms with Crippen LogP contribution in [0.1, 0.15) is 49.8 Å². The van der Waals surface area contributed by atoms with Crippen LogP contribution in [0.3, 0.4) is 0 Å². The van der Waals surface area contributed by atoms with Gasteiger partial charge in [0.15, 0.2) is 6.61 Å². The van der Waals surface area contributed by atoms with E-state index >= 15 is 0 Å². The quantitative estimate of drug-likeness (QED) is 0.264. The molecule has 0 unspecified atom stereocenters. The number of rotatable bonds is 13. The first-order valence-electron chi connectivity index (χ1n) is 13.0. The fraction of sp³-hybridized carbons (Fsp3) is 0.355. The second kappa shape index (κ2) is 14.6. The van der Waals surface area contributed by atoms with Crippen molar-refractivity contribution in [2.75, 3.05) is 20.3 Å². The van der Waals surface area contributed by atoms with Gasteiger partial charge in [0.2, 0.25) is 5.91 Å². The maximum atomic E-state index is 13.7. The lowest BCUT2D eigenvalue weighted by atomic mass is 10.0. The molecule has 0 aliphatic rings. The van der Waals surface area contributed by atoms with Crippen LogP contribution in [-0.4, -0.2) is 43.0 Å². The second-order valence-corrected chi connectivity index (χ2v) is 10.4. The Morgan fingerprint density at radius 3 is 2.37 bits per heavy atom. The standard InChI is InChI=1S/C31H37BrN2O4/c1-5-16-33-31(36)28(18-23-10-7-6-8-11-23)34(20-24-12-9-13-26(17-24)37-4)30(35)21-38-29-15-14-25(22(2)3)19-27(29)32/h6-15,17,19,22,28H,5,16,18,20-21H2,1-4H3,(H,33,36)/t28-/m0/s1. The van der Waals surface area contributed by atoms with Crippen LogP contribution in [0.5, 0.6) is 11.5 Å². The number of nitrogens with zero attached hydrogens (tertiary/aromatic N) is 1. The minimum atomic E-state index is -0.710. The zero-order chi connectivity index (χ0) is 27.5. The number of hydrogen-bond donors (Lipinski definition) is 1. The smallest absolute Gasteiger partial charge is 0.261 e. The monoisotopic (exact) mass is 580 g/mol. The van der Waals surface area contributed by atoms with E-state index in [2.05, 4.69) is 35.1 Å². The van der Waals surface area contributed by atoms with Crippen LogP contribution >= 0.6 is 15.9 Å². The van der Waals surface area contributed by atoms with Crippen LogP contribution < -0.4 is 14.8 Å². The molecule has 0 aliphatic carbocycles. The maximum absolute atomic E-state index is 13.7.